The summed E-state index contributed by atoms with van der Waals surface area (Å²) in [6, 6.07) is 5.70. The van der Waals surface area contributed by atoms with Gasteiger partial charge in [0.25, 0.3) is 0 Å². The molecule has 21 heavy (non-hydrogen) atoms. The second-order valence-electron chi connectivity index (χ2n) is 4.33. The maximum atomic E-state index is 11.4. The van der Waals surface area contributed by atoms with Crippen LogP contribution in [-0.2, 0) is 14.3 Å². The normalized spacial score (nSPS) is 10.2. The fourth-order valence-corrected chi connectivity index (χ4v) is 2.39. The number of benzene rings is 1. The molecule has 0 saturated carbocycles. The number of nitrogens with zero attached hydrogens (tertiary/aromatic N) is 1. The predicted octanol–water partition coefficient (Wildman–Crippen LogP) is 2.10. The van der Waals surface area contributed by atoms with Crippen molar-refractivity contribution in [2.45, 2.75) is 6.42 Å². The average Bonchev–Trinajstić information content (AvgIpc) is 2.47. The monoisotopic (exact) mass is 374 g/mol. The fourth-order valence-electron chi connectivity index (χ4n) is 1.86. The van der Waals surface area contributed by atoms with Gasteiger partial charge in [-0.1, -0.05) is 28.1 Å². The molecule has 0 aliphatic heterocycles. The molecule has 0 aliphatic rings. The molecule has 1 aromatic rings. The number of ether oxygens (including phenoxy) is 2. The maximum Gasteiger partial charge on any atom is 0.307 e. The molecule has 5 nitrogen and oxygen atoms in total. The molecule has 1 aromatic carbocycles. The Morgan fingerprint density at radius 2 is 2.10 bits per heavy atom. The summed E-state index contributed by atoms with van der Waals surface area (Å²) in [5.41, 5.74) is 7.44. The molecule has 0 amide bonds. The number of hydrogen-bond donors (Lipinski definition) is 1. The zero-order chi connectivity index (χ0) is 15.8. The van der Waals surface area contributed by atoms with Gasteiger partial charge in [-0.05, 0) is 18.2 Å². The van der Waals surface area contributed by atoms with Gasteiger partial charge in [-0.25, -0.2) is 0 Å². The van der Waals surface area contributed by atoms with Crippen molar-refractivity contribution in [2.75, 3.05) is 38.8 Å². The Kier molecular flexibility index (Phi) is 7.63. The summed E-state index contributed by atoms with van der Waals surface area (Å²) in [5, 5.41) is 0. The molecule has 0 aromatic heterocycles. The topological polar surface area (TPSA) is 64.8 Å². The van der Waals surface area contributed by atoms with Gasteiger partial charge in [0.05, 0.1) is 20.1 Å². The highest BCUT2D eigenvalue weighted by Gasteiger charge is 2.15. The van der Waals surface area contributed by atoms with E-state index in [2.05, 4.69) is 20.7 Å². The molecule has 7 heteroatoms. The zero-order valence-corrected chi connectivity index (χ0v) is 14.5. The van der Waals surface area contributed by atoms with Crippen LogP contribution >= 0.6 is 28.1 Å². The molecule has 116 valence electrons. The van der Waals surface area contributed by atoms with Crippen molar-refractivity contribution in [1.29, 1.82) is 0 Å². The number of esters is 1. The SMILES string of the molecule is COCCN(CCC(=O)OC)c1ccc(Br)cc1C(N)=S. The predicted molar refractivity (Wildman–Crippen MR) is 90.8 cm³/mol. The Bertz CT molecular complexity index is 511. The number of anilines is 1. The minimum atomic E-state index is -0.258. The molecule has 0 atom stereocenters. The van der Waals surface area contributed by atoms with Gasteiger partial charge in [-0.2, -0.15) is 0 Å². The summed E-state index contributed by atoms with van der Waals surface area (Å²) in [7, 11) is 3.01. The summed E-state index contributed by atoms with van der Waals surface area (Å²) in [5.74, 6) is -0.258. The van der Waals surface area contributed by atoms with Crippen molar-refractivity contribution in [1.82, 2.24) is 0 Å². The van der Waals surface area contributed by atoms with Gasteiger partial charge >= 0.3 is 5.97 Å². The van der Waals surface area contributed by atoms with Crippen LogP contribution < -0.4 is 10.6 Å². The first-order chi connectivity index (χ1) is 9.99. The van der Waals surface area contributed by atoms with Gasteiger partial charge in [0.2, 0.25) is 0 Å². The van der Waals surface area contributed by atoms with Crippen LogP contribution in [0.1, 0.15) is 12.0 Å². The van der Waals surface area contributed by atoms with Gasteiger partial charge in [-0.15, -0.1) is 0 Å². The van der Waals surface area contributed by atoms with E-state index in [0.717, 1.165) is 15.7 Å². The van der Waals surface area contributed by atoms with Crippen molar-refractivity contribution in [3.8, 4) is 0 Å². The van der Waals surface area contributed by atoms with Crippen molar-refractivity contribution < 1.29 is 14.3 Å². The van der Waals surface area contributed by atoms with E-state index in [1.54, 1.807) is 7.11 Å². The summed E-state index contributed by atoms with van der Waals surface area (Å²) < 4.78 is 10.7. The number of rotatable bonds is 8. The molecule has 0 spiro atoms. The van der Waals surface area contributed by atoms with Crippen molar-refractivity contribution in [3.05, 3.63) is 28.2 Å². The van der Waals surface area contributed by atoms with Crippen LogP contribution in [0.4, 0.5) is 5.69 Å². The minimum absolute atomic E-state index is 0.258. The lowest BCUT2D eigenvalue weighted by molar-refractivity contribution is -0.140. The molecule has 0 radical (unpaired) electrons. The number of thiocarbonyl (C=S) groups is 1. The minimum Gasteiger partial charge on any atom is -0.469 e. The van der Waals surface area contributed by atoms with Crippen LogP contribution in [0.2, 0.25) is 0 Å². The van der Waals surface area contributed by atoms with Gasteiger partial charge in [0.1, 0.15) is 4.99 Å². The van der Waals surface area contributed by atoms with E-state index < -0.39 is 0 Å². The first-order valence-corrected chi connectivity index (χ1v) is 7.59. The molecule has 0 aliphatic carbocycles. The second-order valence-corrected chi connectivity index (χ2v) is 5.69. The van der Waals surface area contributed by atoms with Crippen LogP contribution in [0.25, 0.3) is 0 Å². The lowest BCUT2D eigenvalue weighted by atomic mass is 10.1. The van der Waals surface area contributed by atoms with Crippen molar-refractivity contribution >= 4 is 44.8 Å². The first kappa shape index (κ1) is 17.9. The van der Waals surface area contributed by atoms with Gasteiger partial charge in [-0.3, -0.25) is 4.79 Å². The Balaban J connectivity index is 3.01. The van der Waals surface area contributed by atoms with E-state index in [1.165, 1.54) is 7.11 Å². The molecule has 0 saturated heterocycles. The smallest absolute Gasteiger partial charge is 0.307 e. The van der Waals surface area contributed by atoms with E-state index in [1.807, 2.05) is 23.1 Å². The Hall–Kier alpha value is -1.18. The summed E-state index contributed by atoms with van der Waals surface area (Å²) in [6.45, 7) is 1.67. The molecule has 1 rings (SSSR count). The third kappa shape index (κ3) is 5.61. The molecule has 0 unspecified atom stereocenters. The quantitative estimate of drug-likeness (QED) is 0.555. The summed E-state index contributed by atoms with van der Waals surface area (Å²) in [6.07, 6.45) is 0.285. The van der Waals surface area contributed by atoms with Crippen LogP contribution in [0, 0.1) is 0 Å². The molecule has 0 heterocycles. The molecule has 0 fully saturated rings. The largest absolute Gasteiger partial charge is 0.469 e. The molecule has 0 bridgehead atoms. The highest BCUT2D eigenvalue weighted by molar-refractivity contribution is 9.10. The van der Waals surface area contributed by atoms with Crippen molar-refractivity contribution in [2.24, 2.45) is 5.73 Å². The van der Waals surface area contributed by atoms with Crippen LogP contribution in [0.5, 0.6) is 0 Å². The zero-order valence-electron chi connectivity index (χ0n) is 12.1. The van der Waals surface area contributed by atoms with Crippen LogP contribution in [0.15, 0.2) is 22.7 Å². The highest BCUT2D eigenvalue weighted by Crippen LogP contribution is 2.25. The number of nitrogens with two attached hydrogens (primary N) is 1. The van der Waals surface area contributed by atoms with Gasteiger partial charge < -0.3 is 20.1 Å². The Morgan fingerprint density at radius 1 is 1.38 bits per heavy atom. The van der Waals surface area contributed by atoms with Crippen molar-refractivity contribution in [3.63, 3.8) is 0 Å². The lowest BCUT2D eigenvalue weighted by Crippen LogP contribution is -2.31. The number of carbonyl (C=O) groups excluding carboxylic acids is 1. The van der Waals surface area contributed by atoms with E-state index in [4.69, 9.17) is 22.7 Å². The Morgan fingerprint density at radius 3 is 2.67 bits per heavy atom. The molecular weight excluding hydrogens is 356 g/mol. The summed E-state index contributed by atoms with van der Waals surface area (Å²) in [4.78, 5) is 13.7. The average molecular weight is 375 g/mol. The number of carbonyl (C=O) groups is 1. The number of methoxy groups -OCH3 is 2. The Labute approximate surface area is 138 Å². The third-order valence-corrected chi connectivity index (χ3v) is 3.66. The summed E-state index contributed by atoms with van der Waals surface area (Å²) >= 11 is 8.51. The van der Waals surface area contributed by atoms with Crippen LogP contribution in [0.3, 0.4) is 0 Å². The standard InChI is InChI=1S/C14H19BrN2O3S/c1-19-8-7-17(6-5-13(18)20-2)12-4-3-10(15)9-11(12)14(16)21/h3-4,9H,5-8H2,1-2H3,(H2,16,21). The maximum absolute atomic E-state index is 11.4. The number of hydrogen-bond acceptors (Lipinski definition) is 5. The third-order valence-electron chi connectivity index (χ3n) is 2.94. The lowest BCUT2D eigenvalue weighted by Gasteiger charge is -2.26. The molecular formula is C14H19BrN2O3S. The van der Waals surface area contributed by atoms with E-state index in [0.29, 0.717) is 24.7 Å². The van der Waals surface area contributed by atoms with Gasteiger partial charge in [0, 0.05) is 35.9 Å². The van der Waals surface area contributed by atoms with E-state index >= 15 is 0 Å². The van der Waals surface area contributed by atoms with Gasteiger partial charge in [0.15, 0.2) is 0 Å². The first-order valence-electron chi connectivity index (χ1n) is 6.39. The van der Waals surface area contributed by atoms with Crippen LogP contribution in [-0.4, -0.2) is 44.9 Å². The second kappa shape index (κ2) is 8.96. The number of halogens is 1. The highest BCUT2D eigenvalue weighted by atomic mass is 79.9. The van der Waals surface area contributed by atoms with E-state index in [9.17, 15) is 4.79 Å². The fraction of sp³-hybridized carbons (Fsp3) is 0.429. The van der Waals surface area contributed by atoms with E-state index in [-0.39, 0.29) is 12.4 Å². The molecule has 2 N–H and O–H groups in total.